The predicted octanol–water partition coefficient (Wildman–Crippen LogP) is 2.65. The van der Waals surface area contributed by atoms with Crippen molar-refractivity contribution in [2.75, 3.05) is 17.3 Å². The summed E-state index contributed by atoms with van der Waals surface area (Å²) in [6.07, 6.45) is 0. The van der Waals surface area contributed by atoms with E-state index in [-0.39, 0.29) is 0 Å². The lowest BCUT2D eigenvalue weighted by molar-refractivity contribution is 1.44. The fourth-order valence-corrected chi connectivity index (χ4v) is 0.799. The molecule has 0 radical (unpaired) electrons. The number of halogens is 1. The van der Waals surface area contributed by atoms with Crippen LogP contribution in [0.1, 0.15) is 5.56 Å². The molecule has 64 valence electrons. The van der Waals surface area contributed by atoms with Crippen LogP contribution >= 0.6 is 22.6 Å². The van der Waals surface area contributed by atoms with Crippen LogP contribution in [0, 0.1) is 11.3 Å². The highest BCUT2D eigenvalue weighted by atomic mass is 127. The van der Waals surface area contributed by atoms with Crippen molar-refractivity contribution >= 4 is 28.3 Å². The fraction of sp³-hybridized carbons (Fsp3) is 0.222. The van der Waals surface area contributed by atoms with Gasteiger partial charge in [-0.1, -0.05) is 34.7 Å². The average Bonchev–Trinajstić information content (AvgIpc) is 2.20. The first kappa shape index (κ1) is 11.2. The molecular weight excluding hydrogens is 263 g/mol. The molecular formula is C9H11IN2. The van der Waals surface area contributed by atoms with Gasteiger partial charge in [0.2, 0.25) is 0 Å². The fourth-order valence-electron chi connectivity index (χ4n) is 0.799. The average molecular weight is 274 g/mol. The first-order chi connectivity index (χ1) is 5.88. The molecule has 0 fully saturated rings. The number of nitrogens with zero attached hydrogens (tertiary/aromatic N) is 1. The third kappa shape index (κ3) is 3.09. The molecule has 3 heteroatoms. The molecule has 1 aromatic rings. The van der Waals surface area contributed by atoms with E-state index in [0.29, 0.717) is 5.56 Å². The molecule has 0 aliphatic rings. The molecule has 0 aliphatic heterocycles. The van der Waals surface area contributed by atoms with Crippen molar-refractivity contribution < 1.29 is 0 Å². The van der Waals surface area contributed by atoms with E-state index >= 15 is 0 Å². The highest BCUT2D eigenvalue weighted by Gasteiger charge is 1.94. The molecule has 0 saturated carbocycles. The normalized spacial score (nSPS) is 7.50. The number of alkyl halides is 1. The van der Waals surface area contributed by atoms with Crippen LogP contribution in [0.5, 0.6) is 0 Å². The monoisotopic (exact) mass is 274 g/mol. The van der Waals surface area contributed by atoms with E-state index in [4.69, 9.17) is 5.26 Å². The Morgan fingerprint density at radius 2 is 1.92 bits per heavy atom. The highest BCUT2D eigenvalue weighted by molar-refractivity contribution is 14.1. The molecule has 0 aliphatic carbocycles. The van der Waals surface area contributed by atoms with Crippen LogP contribution in [0.4, 0.5) is 5.69 Å². The van der Waals surface area contributed by atoms with Crippen LogP contribution in [0.2, 0.25) is 0 Å². The molecule has 0 atom stereocenters. The minimum atomic E-state index is 0.685. The van der Waals surface area contributed by atoms with Crippen LogP contribution < -0.4 is 5.32 Å². The van der Waals surface area contributed by atoms with Gasteiger partial charge < -0.3 is 5.32 Å². The van der Waals surface area contributed by atoms with Gasteiger partial charge in [-0.3, -0.25) is 0 Å². The molecule has 0 bridgehead atoms. The molecule has 12 heavy (non-hydrogen) atoms. The third-order valence-electron chi connectivity index (χ3n) is 1.32. The summed E-state index contributed by atoms with van der Waals surface area (Å²) in [5.74, 6) is 0. The van der Waals surface area contributed by atoms with Gasteiger partial charge in [-0.2, -0.15) is 5.26 Å². The summed E-state index contributed by atoms with van der Waals surface area (Å²) in [6, 6.07) is 9.48. The smallest absolute Gasteiger partial charge is 0.101 e. The first-order valence-corrected chi connectivity index (χ1v) is 5.59. The van der Waals surface area contributed by atoms with Gasteiger partial charge in [0.15, 0.2) is 0 Å². The maximum atomic E-state index is 8.56. The summed E-state index contributed by atoms with van der Waals surface area (Å²) < 4.78 is 0. The third-order valence-corrected chi connectivity index (χ3v) is 1.32. The maximum absolute atomic E-state index is 8.56. The van der Waals surface area contributed by atoms with Crippen LogP contribution in [0.3, 0.4) is 0 Å². The molecule has 0 aromatic heterocycles. The van der Waals surface area contributed by atoms with E-state index in [1.54, 1.807) is 13.1 Å². The Labute approximate surface area is 86.7 Å². The van der Waals surface area contributed by atoms with Crippen molar-refractivity contribution in [1.82, 2.24) is 0 Å². The second-order valence-electron chi connectivity index (χ2n) is 1.91. The van der Waals surface area contributed by atoms with Gasteiger partial charge in [-0.15, -0.1) is 0 Å². The van der Waals surface area contributed by atoms with Crippen LogP contribution in [-0.2, 0) is 0 Å². The molecule has 0 heterocycles. The number of nitrogens with one attached hydrogen (secondary N) is 1. The Balaban J connectivity index is 0.000000561. The zero-order valence-electron chi connectivity index (χ0n) is 7.13. The van der Waals surface area contributed by atoms with E-state index in [2.05, 4.69) is 34.0 Å². The zero-order chi connectivity index (χ0) is 9.40. The summed E-state index contributed by atoms with van der Waals surface area (Å²) in [7, 11) is 1.80. The first-order valence-electron chi connectivity index (χ1n) is 3.43. The minimum Gasteiger partial charge on any atom is -0.387 e. The summed E-state index contributed by atoms with van der Waals surface area (Å²) in [6.45, 7) is 0. The van der Waals surface area contributed by atoms with E-state index in [9.17, 15) is 0 Å². The molecule has 0 saturated heterocycles. The zero-order valence-corrected chi connectivity index (χ0v) is 9.29. The maximum Gasteiger partial charge on any atom is 0.101 e. The van der Waals surface area contributed by atoms with Crippen molar-refractivity contribution in [3.05, 3.63) is 29.8 Å². The molecule has 0 spiro atoms. The van der Waals surface area contributed by atoms with Gasteiger partial charge in [0, 0.05) is 7.05 Å². The summed E-state index contributed by atoms with van der Waals surface area (Å²) >= 11 is 2.15. The van der Waals surface area contributed by atoms with Crippen molar-refractivity contribution in [3.8, 4) is 6.07 Å². The lowest BCUT2D eigenvalue weighted by Crippen LogP contribution is -1.90. The largest absolute Gasteiger partial charge is 0.387 e. The van der Waals surface area contributed by atoms with Gasteiger partial charge in [0.05, 0.1) is 11.3 Å². The second-order valence-corrected chi connectivity index (χ2v) is 1.91. The van der Waals surface area contributed by atoms with Crippen molar-refractivity contribution in [2.24, 2.45) is 0 Å². The number of hydrogen-bond acceptors (Lipinski definition) is 2. The summed E-state index contributed by atoms with van der Waals surface area (Å²) in [5.41, 5.74) is 1.56. The number of anilines is 1. The van der Waals surface area contributed by atoms with E-state index < -0.39 is 0 Å². The Morgan fingerprint density at radius 1 is 1.33 bits per heavy atom. The van der Waals surface area contributed by atoms with Gasteiger partial charge in [-0.05, 0) is 17.1 Å². The Morgan fingerprint density at radius 3 is 2.33 bits per heavy atom. The van der Waals surface area contributed by atoms with Gasteiger partial charge in [-0.25, -0.2) is 0 Å². The highest BCUT2D eigenvalue weighted by Crippen LogP contribution is 2.11. The lowest BCUT2D eigenvalue weighted by Gasteiger charge is -1.99. The van der Waals surface area contributed by atoms with E-state index in [0.717, 1.165) is 5.69 Å². The Hall–Kier alpha value is -0.760. The lowest BCUT2D eigenvalue weighted by atomic mass is 10.2. The number of para-hydroxylation sites is 1. The molecule has 0 amide bonds. The molecule has 2 nitrogen and oxygen atoms in total. The second kappa shape index (κ2) is 6.92. The van der Waals surface area contributed by atoms with Gasteiger partial charge >= 0.3 is 0 Å². The summed E-state index contributed by atoms with van der Waals surface area (Å²) in [5, 5.41) is 11.5. The topological polar surface area (TPSA) is 35.8 Å². The van der Waals surface area contributed by atoms with Crippen LogP contribution in [-0.4, -0.2) is 12.0 Å². The molecule has 1 aromatic carbocycles. The van der Waals surface area contributed by atoms with Gasteiger partial charge in [0.25, 0.3) is 0 Å². The minimum absolute atomic E-state index is 0.685. The molecule has 0 unspecified atom stereocenters. The van der Waals surface area contributed by atoms with Gasteiger partial charge in [0.1, 0.15) is 6.07 Å². The van der Waals surface area contributed by atoms with Crippen molar-refractivity contribution in [3.63, 3.8) is 0 Å². The van der Waals surface area contributed by atoms with E-state index in [1.807, 2.05) is 23.1 Å². The standard InChI is InChI=1S/C8H8N2.CH3I/c1-10-8-5-3-2-4-7(8)6-9;1-2/h2-5,10H,1H3;1H3. The molecule has 1 rings (SSSR count). The number of benzene rings is 1. The molecule has 1 N–H and O–H groups in total. The van der Waals surface area contributed by atoms with E-state index in [1.165, 1.54) is 0 Å². The number of nitriles is 1. The van der Waals surface area contributed by atoms with Crippen LogP contribution in [0.25, 0.3) is 0 Å². The van der Waals surface area contributed by atoms with Crippen molar-refractivity contribution in [2.45, 2.75) is 0 Å². The predicted molar refractivity (Wildman–Crippen MR) is 60.6 cm³/mol. The summed E-state index contributed by atoms with van der Waals surface area (Å²) in [4.78, 5) is 1.97. The number of hydrogen-bond donors (Lipinski definition) is 1. The number of rotatable bonds is 1. The Kier molecular flexibility index (Phi) is 6.48. The van der Waals surface area contributed by atoms with Crippen LogP contribution in [0.15, 0.2) is 24.3 Å². The SMILES string of the molecule is CI.CNc1ccccc1C#N. The quantitative estimate of drug-likeness (QED) is 0.631. The van der Waals surface area contributed by atoms with Crippen molar-refractivity contribution in [1.29, 1.82) is 5.26 Å². The Bertz CT molecular complexity index is 265.